The molecule has 0 aliphatic heterocycles. The third-order valence-corrected chi connectivity index (χ3v) is 3.99. The summed E-state index contributed by atoms with van der Waals surface area (Å²) in [4.78, 5) is 34.7. The number of carboxylic acid groups (broad SMARTS) is 1. The van der Waals surface area contributed by atoms with E-state index in [1.54, 1.807) is 0 Å². The number of phenols is 1. The molecule has 0 saturated carbocycles. The molecule has 25 heavy (non-hydrogen) atoms. The number of aromatic hydroxyl groups is 1. The van der Waals surface area contributed by atoms with Crippen LogP contribution in [0.1, 0.15) is 11.3 Å². The molecule has 130 valence electrons. The summed E-state index contributed by atoms with van der Waals surface area (Å²) in [5, 5.41) is 40.8. The Bertz CT molecular complexity index is 1010. The number of nitrogens with zero attached hydrogens (tertiary/aromatic N) is 1. The van der Waals surface area contributed by atoms with Crippen molar-refractivity contribution in [2.75, 3.05) is 7.11 Å². The van der Waals surface area contributed by atoms with Gasteiger partial charge in [-0.05, 0) is 18.2 Å². The van der Waals surface area contributed by atoms with E-state index in [2.05, 4.69) is 0 Å². The highest BCUT2D eigenvalue weighted by atomic mass is 16.6. The first-order valence-electron chi connectivity index (χ1n) is 6.87. The van der Waals surface area contributed by atoms with Crippen LogP contribution in [0, 0.1) is 10.1 Å². The van der Waals surface area contributed by atoms with Crippen LogP contribution in [0.4, 0.5) is 0 Å². The Hall–Kier alpha value is -3.40. The lowest BCUT2D eigenvalue weighted by atomic mass is 9.80. The van der Waals surface area contributed by atoms with Crippen LogP contribution in [0.3, 0.4) is 0 Å². The Kier molecular flexibility index (Phi) is 3.50. The predicted molar refractivity (Wildman–Crippen MR) is 81.4 cm³/mol. The van der Waals surface area contributed by atoms with E-state index in [1.165, 1.54) is 12.1 Å². The Balaban J connectivity index is 2.50. The smallest absolute Gasteiger partial charge is 0.348 e. The molecular weight excluding hydrogens is 338 g/mol. The van der Waals surface area contributed by atoms with Gasteiger partial charge in [0.15, 0.2) is 11.2 Å². The number of aliphatic hydroxyl groups is 1. The molecule has 2 unspecified atom stereocenters. The molecule has 0 saturated heterocycles. The molecule has 0 amide bonds. The van der Waals surface area contributed by atoms with Crippen LogP contribution >= 0.6 is 0 Å². The number of carbonyl (C=O) groups is 1. The molecule has 3 rings (SSSR count). The molecule has 10 heteroatoms. The van der Waals surface area contributed by atoms with E-state index in [0.717, 1.165) is 19.3 Å². The van der Waals surface area contributed by atoms with E-state index in [1.807, 2.05) is 0 Å². The lowest BCUT2D eigenvalue weighted by molar-refractivity contribution is -0.538. The average molecular weight is 349 g/mol. The number of methoxy groups -OCH3 is 1. The maximum absolute atomic E-state index is 12.7. The molecule has 1 aliphatic rings. The van der Waals surface area contributed by atoms with Gasteiger partial charge in [-0.25, -0.2) is 4.79 Å². The number of ether oxygens (including phenoxy) is 1. The standard InChI is InChI=1S/C15H11NO9/c1-24-10-5-9-11(15(21,14(19)20)13(10)16(22)23)12(18)7-4-6(17)2-3-8(7)25-9/h2-5,13,17,21H,1H3,(H,19,20). The summed E-state index contributed by atoms with van der Waals surface area (Å²) in [7, 11) is 1.06. The van der Waals surface area contributed by atoms with Crippen LogP contribution in [-0.2, 0) is 15.1 Å². The first kappa shape index (κ1) is 16.5. The Morgan fingerprint density at radius 3 is 2.68 bits per heavy atom. The van der Waals surface area contributed by atoms with Gasteiger partial charge in [-0.3, -0.25) is 14.9 Å². The summed E-state index contributed by atoms with van der Waals surface area (Å²) in [6.45, 7) is 0. The maximum atomic E-state index is 12.7. The first-order chi connectivity index (χ1) is 11.7. The van der Waals surface area contributed by atoms with Gasteiger partial charge in [0.1, 0.15) is 17.1 Å². The minimum absolute atomic E-state index is 0.000505. The molecule has 10 nitrogen and oxygen atoms in total. The highest BCUT2D eigenvalue weighted by Gasteiger charge is 2.61. The van der Waals surface area contributed by atoms with Gasteiger partial charge in [-0.15, -0.1) is 0 Å². The number of aliphatic carboxylic acids is 1. The molecule has 3 N–H and O–H groups in total. The van der Waals surface area contributed by atoms with Crippen molar-refractivity contribution in [1.82, 2.24) is 0 Å². The number of carboxylic acids is 1. The second-order valence-electron chi connectivity index (χ2n) is 5.36. The Morgan fingerprint density at radius 2 is 2.12 bits per heavy atom. The topological polar surface area (TPSA) is 160 Å². The number of hydrogen-bond donors (Lipinski definition) is 3. The van der Waals surface area contributed by atoms with E-state index in [-0.39, 0.29) is 22.5 Å². The fourth-order valence-electron chi connectivity index (χ4n) is 2.86. The fourth-order valence-corrected chi connectivity index (χ4v) is 2.86. The van der Waals surface area contributed by atoms with Crippen LogP contribution < -0.4 is 5.43 Å². The summed E-state index contributed by atoms with van der Waals surface area (Å²) in [5.74, 6) is -3.16. The predicted octanol–water partition coefficient (Wildman–Crippen LogP) is 0.417. The second-order valence-corrected chi connectivity index (χ2v) is 5.36. The number of phenolic OH excluding ortho intramolecular Hbond substituents is 1. The molecule has 1 aromatic carbocycles. The Morgan fingerprint density at radius 1 is 1.44 bits per heavy atom. The molecule has 0 bridgehead atoms. The molecule has 1 heterocycles. The average Bonchev–Trinajstić information content (AvgIpc) is 2.54. The van der Waals surface area contributed by atoms with E-state index >= 15 is 0 Å². The lowest BCUT2D eigenvalue weighted by Gasteiger charge is -2.30. The van der Waals surface area contributed by atoms with Gasteiger partial charge in [-0.1, -0.05) is 0 Å². The second kappa shape index (κ2) is 5.31. The van der Waals surface area contributed by atoms with Crippen molar-refractivity contribution >= 4 is 23.0 Å². The van der Waals surface area contributed by atoms with Crippen molar-refractivity contribution in [3.05, 3.63) is 55.6 Å². The molecule has 2 atom stereocenters. The number of benzene rings is 1. The van der Waals surface area contributed by atoms with Crippen LogP contribution in [0.25, 0.3) is 17.0 Å². The number of nitro groups is 1. The lowest BCUT2D eigenvalue weighted by Crippen LogP contribution is -2.55. The van der Waals surface area contributed by atoms with E-state index in [9.17, 15) is 35.0 Å². The molecule has 1 aliphatic carbocycles. The van der Waals surface area contributed by atoms with Crippen LogP contribution in [0.15, 0.2) is 33.2 Å². The summed E-state index contributed by atoms with van der Waals surface area (Å²) < 4.78 is 10.2. The minimum Gasteiger partial charge on any atom is -0.508 e. The Labute approximate surface area is 138 Å². The summed E-state index contributed by atoms with van der Waals surface area (Å²) in [6, 6.07) is 1.28. The third kappa shape index (κ3) is 2.15. The van der Waals surface area contributed by atoms with Gasteiger partial charge in [0.05, 0.1) is 18.1 Å². The molecule has 0 spiro atoms. The van der Waals surface area contributed by atoms with Gasteiger partial charge in [-0.2, -0.15) is 0 Å². The largest absolute Gasteiger partial charge is 0.508 e. The number of rotatable bonds is 3. The van der Waals surface area contributed by atoms with Crippen molar-refractivity contribution in [3.8, 4) is 5.75 Å². The van der Waals surface area contributed by atoms with Crippen LogP contribution in [-0.4, -0.2) is 39.4 Å². The zero-order chi connectivity index (χ0) is 18.5. The van der Waals surface area contributed by atoms with E-state index in [4.69, 9.17) is 9.15 Å². The van der Waals surface area contributed by atoms with E-state index < -0.39 is 39.3 Å². The van der Waals surface area contributed by atoms with Crippen molar-refractivity contribution in [3.63, 3.8) is 0 Å². The molecule has 2 aromatic rings. The maximum Gasteiger partial charge on any atom is 0.348 e. The van der Waals surface area contributed by atoms with Gasteiger partial charge in [0, 0.05) is 11.0 Å². The van der Waals surface area contributed by atoms with Crippen LogP contribution in [0.2, 0.25) is 0 Å². The molecule has 0 radical (unpaired) electrons. The fraction of sp³-hybridized carbons (Fsp3) is 0.200. The summed E-state index contributed by atoms with van der Waals surface area (Å²) >= 11 is 0. The minimum atomic E-state index is -3.21. The number of hydrogen-bond acceptors (Lipinski definition) is 8. The highest BCUT2D eigenvalue weighted by Crippen LogP contribution is 2.39. The van der Waals surface area contributed by atoms with Crippen molar-refractivity contribution in [1.29, 1.82) is 0 Å². The molecule has 1 aromatic heterocycles. The van der Waals surface area contributed by atoms with Crippen molar-refractivity contribution in [2.24, 2.45) is 0 Å². The number of fused-ring (bicyclic) bond motifs is 2. The third-order valence-electron chi connectivity index (χ3n) is 3.99. The highest BCUT2D eigenvalue weighted by molar-refractivity contribution is 5.88. The molecular formula is C15H11NO9. The van der Waals surface area contributed by atoms with Gasteiger partial charge < -0.3 is 24.5 Å². The first-order valence-corrected chi connectivity index (χ1v) is 6.87. The normalized spacial score (nSPS) is 22.2. The summed E-state index contributed by atoms with van der Waals surface area (Å²) in [6.07, 6.45) is 0.994. The van der Waals surface area contributed by atoms with Crippen molar-refractivity contribution < 1.29 is 34.2 Å². The monoisotopic (exact) mass is 349 g/mol. The van der Waals surface area contributed by atoms with Crippen molar-refractivity contribution in [2.45, 2.75) is 11.6 Å². The SMILES string of the molecule is COC1=Cc2oc3ccc(O)cc3c(=O)c2C(O)(C(=O)O)C1[N+](=O)[O-]. The quantitative estimate of drug-likeness (QED) is 0.526. The zero-order valence-electron chi connectivity index (χ0n) is 12.6. The van der Waals surface area contributed by atoms with Gasteiger partial charge in [0.25, 0.3) is 5.60 Å². The van der Waals surface area contributed by atoms with Crippen LogP contribution in [0.5, 0.6) is 5.75 Å². The molecule has 0 fully saturated rings. The van der Waals surface area contributed by atoms with E-state index in [0.29, 0.717) is 0 Å². The zero-order valence-corrected chi connectivity index (χ0v) is 12.6. The van der Waals surface area contributed by atoms with Gasteiger partial charge in [0.2, 0.25) is 0 Å². The summed E-state index contributed by atoms with van der Waals surface area (Å²) in [5.41, 5.74) is -5.02. The van der Waals surface area contributed by atoms with Gasteiger partial charge >= 0.3 is 12.0 Å².